The molecule has 0 amide bonds. The van der Waals surface area contributed by atoms with Crippen LogP contribution < -0.4 is 9.47 Å². The summed E-state index contributed by atoms with van der Waals surface area (Å²) in [6.45, 7) is 0. The molecule has 0 spiro atoms. The number of nitrogens with zero attached hydrogens (tertiary/aromatic N) is 3. The van der Waals surface area contributed by atoms with Crippen LogP contribution >= 0.6 is 0 Å². The van der Waals surface area contributed by atoms with E-state index >= 15 is 0 Å². The number of methoxy groups -OCH3 is 2. The topological polar surface area (TPSA) is 101 Å². The third-order valence-electron chi connectivity index (χ3n) is 3.64. The molecule has 1 saturated carbocycles. The molecule has 22 heavy (non-hydrogen) atoms. The lowest BCUT2D eigenvalue weighted by Crippen LogP contribution is -2.03. The third kappa shape index (κ3) is 2.72. The summed E-state index contributed by atoms with van der Waals surface area (Å²) in [4.78, 5) is 14.6. The molecule has 0 radical (unpaired) electrons. The number of hydrogen-bond acceptors (Lipinski definition) is 7. The molecular formula is C14H15N3O5. The van der Waals surface area contributed by atoms with Gasteiger partial charge in [-0.25, -0.2) is 0 Å². The highest BCUT2D eigenvalue weighted by atomic mass is 16.6. The average molecular weight is 305 g/mol. The minimum Gasteiger partial charge on any atom is -0.493 e. The first-order valence-electron chi connectivity index (χ1n) is 6.79. The summed E-state index contributed by atoms with van der Waals surface area (Å²) in [6, 6.07) is 4.94. The number of benzene rings is 1. The van der Waals surface area contributed by atoms with Gasteiger partial charge in [0.25, 0.3) is 0 Å². The van der Waals surface area contributed by atoms with Crippen LogP contribution in [0.2, 0.25) is 0 Å². The van der Waals surface area contributed by atoms with Gasteiger partial charge in [0.2, 0.25) is 11.9 Å². The molecule has 1 aromatic heterocycles. The average Bonchev–Trinajstić information content (AvgIpc) is 3.20. The molecule has 1 aromatic carbocycles. The molecular weight excluding hydrogens is 290 g/mol. The molecule has 1 aliphatic rings. The highest BCUT2D eigenvalue weighted by molar-refractivity contribution is 5.43. The predicted molar refractivity (Wildman–Crippen MR) is 74.8 cm³/mol. The molecule has 0 unspecified atom stereocenters. The summed E-state index contributed by atoms with van der Waals surface area (Å²) in [5, 5.41) is 14.5. The zero-order valence-corrected chi connectivity index (χ0v) is 12.2. The van der Waals surface area contributed by atoms with Crippen molar-refractivity contribution in [3.05, 3.63) is 45.6 Å². The Morgan fingerprint density at radius 2 is 2.14 bits per heavy atom. The Morgan fingerprint density at radius 1 is 1.36 bits per heavy atom. The molecule has 1 heterocycles. The van der Waals surface area contributed by atoms with E-state index in [-0.39, 0.29) is 10.8 Å². The Balaban J connectivity index is 1.72. The molecule has 8 nitrogen and oxygen atoms in total. The van der Waals surface area contributed by atoms with Crippen molar-refractivity contribution in [3.8, 4) is 11.5 Å². The number of hydrogen-bond donors (Lipinski definition) is 0. The molecule has 1 aliphatic carbocycles. The van der Waals surface area contributed by atoms with E-state index in [2.05, 4.69) is 10.1 Å². The fraction of sp³-hybridized carbons (Fsp3) is 0.429. The quantitative estimate of drug-likeness (QED) is 0.592. The van der Waals surface area contributed by atoms with Crippen molar-refractivity contribution >= 4 is 0 Å². The van der Waals surface area contributed by atoms with Crippen LogP contribution in [-0.4, -0.2) is 35.3 Å². The zero-order valence-electron chi connectivity index (χ0n) is 12.2. The summed E-state index contributed by atoms with van der Waals surface area (Å²) < 4.78 is 15.5. The van der Waals surface area contributed by atoms with Crippen molar-refractivity contribution in [3.63, 3.8) is 0 Å². The first-order valence-corrected chi connectivity index (χ1v) is 6.79. The molecule has 0 saturated heterocycles. The monoisotopic (exact) mass is 305 g/mol. The number of aromatic nitrogens is 2. The van der Waals surface area contributed by atoms with Crippen molar-refractivity contribution in [2.45, 2.75) is 24.8 Å². The van der Waals surface area contributed by atoms with Crippen LogP contribution in [0.1, 0.15) is 29.6 Å². The largest absolute Gasteiger partial charge is 0.493 e. The molecule has 3 rings (SSSR count). The molecule has 116 valence electrons. The molecule has 2 atom stereocenters. The van der Waals surface area contributed by atoms with E-state index < -0.39 is 6.04 Å². The molecule has 0 N–H and O–H groups in total. The molecule has 1 fully saturated rings. The lowest BCUT2D eigenvalue weighted by atomic mass is 10.1. The predicted octanol–water partition coefficient (Wildman–Crippen LogP) is 1.81. The molecule has 0 bridgehead atoms. The van der Waals surface area contributed by atoms with Crippen LogP contribution in [0.3, 0.4) is 0 Å². The van der Waals surface area contributed by atoms with E-state index in [4.69, 9.17) is 14.0 Å². The highest BCUT2D eigenvalue weighted by Crippen LogP contribution is 2.41. The van der Waals surface area contributed by atoms with Gasteiger partial charge in [0.1, 0.15) is 5.92 Å². The van der Waals surface area contributed by atoms with Crippen molar-refractivity contribution in [1.82, 2.24) is 10.1 Å². The molecule has 2 aromatic rings. The van der Waals surface area contributed by atoms with Crippen molar-refractivity contribution in [2.75, 3.05) is 14.2 Å². The van der Waals surface area contributed by atoms with Gasteiger partial charge in [0, 0.05) is 17.8 Å². The third-order valence-corrected chi connectivity index (χ3v) is 3.64. The second-order valence-corrected chi connectivity index (χ2v) is 5.11. The number of rotatable bonds is 6. The van der Waals surface area contributed by atoms with E-state index in [1.807, 2.05) is 12.1 Å². The minimum atomic E-state index is -0.589. The van der Waals surface area contributed by atoms with Crippen LogP contribution in [0, 0.1) is 10.1 Å². The first kappa shape index (κ1) is 14.3. The maximum absolute atomic E-state index is 10.7. The van der Waals surface area contributed by atoms with Gasteiger partial charge in [-0.2, -0.15) is 4.98 Å². The molecule has 8 heteroatoms. The van der Waals surface area contributed by atoms with Crippen LogP contribution in [0.15, 0.2) is 22.7 Å². The summed E-state index contributed by atoms with van der Waals surface area (Å²) in [5.74, 6) is 1.86. The fourth-order valence-electron chi connectivity index (χ4n) is 2.34. The zero-order chi connectivity index (χ0) is 15.7. The highest BCUT2D eigenvalue weighted by Gasteiger charge is 2.53. The van der Waals surface area contributed by atoms with Gasteiger partial charge in [0.05, 0.1) is 14.2 Å². The first-order chi connectivity index (χ1) is 10.6. The van der Waals surface area contributed by atoms with E-state index in [0.29, 0.717) is 36.1 Å². The van der Waals surface area contributed by atoms with Crippen molar-refractivity contribution < 1.29 is 18.9 Å². The number of ether oxygens (including phenoxy) is 2. The second kappa shape index (κ2) is 5.63. The maximum atomic E-state index is 10.7. The Kier molecular flexibility index (Phi) is 3.66. The van der Waals surface area contributed by atoms with E-state index in [1.54, 1.807) is 20.3 Å². The van der Waals surface area contributed by atoms with Crippen LogP contribution in [0.5, 0.6) is 11.5 Å². The van der Waals surface area contributed by atoms with Gasteiger partial charge in [-0.05, 0) is 17.7 Å². The van der Waals surface area contributed by atoms with Crippen molar-refractivity contribution in [1.29, 1.82) is 0 Å². The lowest BCUT2D eigenvalue weighted by molar-refractivity contribution is -0.496. The standard InChI is InChI=1S/C14H15N3O5/c1-20-11-4-3-8(5-12(11)21-2)6-13-15-14(22-16-13)9-7-10(9)17(18)19/h3-5,9-10H,6-7H2,1-2H3/t9-,10-/m0/s1. The Hall–Kier alpha value is -2.64. The fourth-order valence-corrected chi connectivity index (χ4v) is 2.34. The van der Waals surface area contributed by atoms with E-state index in [9.17, 15) is 10.1 Å². The number of nitro groups is 1. The minimum absolute atomic E-state index is 0.248. The summed E-state index contributed by atoms with van der Waals surface area (Å²) in [6.07, 6.45) is 0.921. The summed E-state index contributed by atoms with van der Waals surface area (Å²) in [5.41, 5.74) is 0.937. The van der Waals surface area contributed by atoms with Crippen LogP contribution in [-0.2, 0) is 6.42 Å². The van der Waals surface area contributed by atoms with Gasteiger partial charge in [0.15, 0.2) is 17.3 Å². The smallest absolute Gasteiger partial charge is 0.236 e. The van der Waals surface area contributed by atoms with Gasteiger partial charge >= 0.3 is 0 Å². The lowest BCUT2D eigenvalue weighted by Gasteiger charge is -2.08. The van der Waals surface area contributed by atoms with Crippen LogP contribution in [0.25, 0.3) is 0 Å². The Morgan fingerprint density at radius 3 is 2.77 bits per heavy atom. The van der Waals surface area contributed by atoms with Crippen LogP contribution in [0.4, 0.5) is 0 Å². The van der Waals surface area contributed by atoms with E-state index in [0.717, 1.165) is 5.56 Å². The summed E-state index contributed by atoms with van der Waals surface area (Å²) >= 11 is 0. The maximum Gasteiger partial charge on any atom is 0.236 e. The van der Waals surface area contributed by atoms with Gasteiger partial charge in [-0.3, -0.25) is 10.1 Å². The van der Waals surface area contributed by atoms with Crippen molar-refractivity contribution in [2.24, 2.45) is 0 Å². The Bertz CT molecular complexity index is 700. The Labute approximate surface area is 126 Å². The summed E-state index contributed by atoms with van der Waals surface area (Å²) in [7, 11) is 3.14. The van der Waals surface area contributed by atoms with Gasteiger partial charge in [-0.15, -0.1) is 0 Å². The van der Waals surface area contributed by atoms with E-state index in [1.165, 1.54) is 0 Å². The van der Waals surface area contributed by atoms with Gasteiger partial charge < -0.3 is 14.0 Å². The normalized spacial score (nSPS) is 19.7. The molecule has 0 aliphatic heterocycles. The SMILES string of the molecule is COc1ccc(Cc2noc([C@H]3C[C@@H]3[N+](=O)[O-])n2)cc1OC. The van der Waals surface area contributed by atoms with Gasteiger partial charge in [-0.1, -0.05) is 11.2 Å². The second-order valence-electron chi connectivity index (χ2n) is 5.11.